The first-order chi connectivity index (χ1) is 16.1. The van der Waals surface area contributed by atoms with E-state index in [1.807, 2.05) is 6.92 Å². The standard InChI is InChI=1S/C22H24F3N5O4/c1-2-21(8-11-29(12-9-21)20(33)34)30-15-7-10-26-19(32)16(15)18(28-30)27-14-5-3-13(4-6-14)17(31)22(23,24)25/h3-7,10,17,31H,2,8-9,11-12H2,1H3,(H,26,32)(H,27,28)(H,33,34). The number of hydrogen-bond donors (Lipinski definition) is 4. The maximum Gasteiger partial charge on any atom is 0.418 e. The summed E-state index contributed by atoms with van der Waals surface area (Å²) in [6, 6.07) is 6.76. The van der Waals surface area contributed by atoms with Crippen LogP contribution in [-0.2, 0) is 5.54 Å². The van der Waals surface area contributed by atoms with Crippen LogP contribution in [0.15, 0.2) is 41.3 Å². The lowest BCUT2D eigenvalue weighted by molar-refractivity contribution is -0.206. The third kappa shape index (κ3) is 4.20. The van der Waals surface area contributed by atoms with Gasteiger partial charge in [0.1, 0.15) is 5.39 Å². The molecule has 182 valence electrons. The fourth-order valence-corrected chi connectivity index (χ4v) is 4.43. The first-order valence-electron chi connectivity index (χ1n) is 10.8. The first-order valence-corrected chi connectivity index (χ1v) is 10.8. The molecule has 1 aromatic carbocycles. The van der Waals surface area contributed by atoms with Crippen LogP contribution in [0.3, 0.4) is 0 Å². The zero-order chi connectivity index (χ0) is 24.7. The van der Waals surface area contributed by atoms with Gasteiger partial charge in [0.25, 0.3) is 5.56 Å². The molecule has 1 unspecified atom stereocenters. The number of benzene rings is 1. The number of rotatable bonds is 5. The predicted molar refractivity (Wildman–Crippen MR) is 118 cm³/mol. The van der Waals surface area contributed by atoms with Crippen LogP contribution in [0.5, 0.6) is 0 Å². The van der Waals surface area contributed by atoms with Gasteiger partial charge in [-0.1, -0.05) is 19.1 Å². The van der Waals surface area contributed by atoms with Crippen LogP contribution in [-0.4, -0.2) is 55.2 Å². The number of aliphatic hydroxyl groups is 1. The molecule has 12 heteroatoms. The number of likely N-dealkylation sites (tertiary alicyclic amines) is 1. The van der Waals surface area contributed by atoms with E-state index in [1.54, 1.807) is 10.7 Å². The second kappa shape index (κ2) is 8.67. The Morgan fingerprint density at radius 2 is 1.88 bits per heavy atom. The van der Waals surface area contributed by atoms with Gasteiger partial charge < -0.3 is 25.4 Å². The number of carboxylic acid groups (broad SMARTS) is 1. The molecule has 1 amide bonds. The highest BCUT2D eigenvalue weighted by atomic mass is 19.4. The van der Waals surface area contributed by atoms with E-state index in [2.05, 4.69) is 15.4 Å². The minimum Gasteiger partial charge on any atom is -0.465 e. The highest BCUT2D eigenvalue weighted by Crippen LogP contribution is 2.38. The van der Waals surface area contributed by atoms with Crippen molar-refractivity contribution in [3.63, 3.8) is 0 Å². The molecule has 1 fully saturated rings. The van der Waals surface area contributed by atoms with Gasteiger partial charge in [0.05, 0.1) is 11.1 Å². The second-order valence-electron chi connectivity index (χ2n) is 8.37. The Balaban J connectivity index is 1.70. The van der Waals surface area contributed by atoms with Gasteiger partial charge >= 0.3 is 12.3 Å². The summed E-state index contributed by atoms with van der Waals surface area (Å²) in [6.07, 6.45) is -5.14. The zero-order valence-corrected chi connectivity index (χ0v) is 18.3. The summed E-state index contributed by atoms with van der Waals surface area (Å²) in [6.45, 7) is 2.65. The Hall–Kier alpha value is -3.54. The molecular formula is C22H24F3N5O4. The van der Waals surface area contributed by atoms with E-state index < -0.39 is 23.9 Å². The highest BCUT2D eigenvalue weighted by molar-refractivity contribution is 5.91. The van der Waals surface area contributed by atoms with E-state index >= 15 is 0 Å². The maximum absolute atomic E-state index is 12.8. The highest BCUT2D eigenvalue weighted by Gasteiger charge is 2.40. The molecule has 3 aromatic rings. The molecular weight excluding hydrogens is 455 g/mol. The van der Waals surface area contributed by atoms with Crippen molar-refractivity contribution >= 4 is 28.5 Å². The van der Waals surface area contributed by atoms with Crippen LogP contribution in [0.4, 0.5) is 29.5 Å². The molecule has 0 saturated carbocycles. The Morgan fingerprint density at radius 3 is 2.44 bits per heavy atom. The molecule has 4 N–H and O–H groups in total. The summed E-state index contributed by atoms with van der Waals surface area (Å²) in [7, 11) is 0. The summed E-state index contributed by atoms with van der Waals surface area (Å²) in [5, 5.41) is 26.7. The van der Waals surface area contributed by atoms with Crippen LogP contribution in [0, 0.1) is 0 Å². The maximum atomic E-state index is 12.8. The lowest BCUT2D eigenvalue weighted by atomic mass is 9.85. The molecule has 0 aliphatic carbocycles. The fraction of sp³-hybridized carbons (Fsp3) is 0.409. The third-order valence-corrected chi connectivity index (χ3v) is 6.48. The monoisotopic (exact) mass is 479 g/mol. The van der Waals surface area contributed by atoms with Gasteiger partial charge in [0.2, 0.25) is 0 Å². The number of carbonyl (C=O) groups is 1. The van der Waals surface area contributed by atoms with Crippen molar-refractivity contribution in [1.29, 1.82) is 0 Å². The molecule has 1 aliphatic rings. The van der Waals surface area contributed by atoms with Crippen molar-refractivity contribution in [1.82, 2.24) is 19.7 Å². The number of aromatic nitrogens is 3. The minimum atomic E-state index is -4.78. The molecule has 0 spiro atoms. The second-order valence-corrected chi connectivity index (χ2v) is 8.37. The van der Waals surface area contributed by atoms with E-state index in [4.69, 9.17) is 0 Å². The van der Waals surface area contributed by atoms with Gasteiger partial charge in [-0.2, -0.15) is 18.3 Å². The van der Waals surface area contributed by atoms with Gasteiger partial charge in [-0.15, -0.1) is 0 Å². The van der Waals surface area contributed by atoms with Gasteiger partial charge in [-0.05, 0) is 43.0 Å². The molecule has 34 heavy (non-hydrogen) atoms. The van der Waals surface area contributed by atoms with Crippen molar-refractivity contribution in [3.8, 4) is 0 Å². The zero-order valence-electron chi connectivity index (χ0n) is 18.3. The summed E-state index contributed by atoms with van der Waals surface area (Å²) in [5.74, 6) is 0.231. The van der Waals surface area contributed by atoms with Gasteiger partial charge in [-0.25, -0.2) is 4.79 Å². The molecule has 4 rings (SSSR count). The van der Waals surface area contributed by atoms with E-state index in [-0.39, 0.29) is 22.3 Å². The van der Waals surface area contributed by atoms with Crippen molar-refractivity contribution in [2.75, 3.05) is 18.4 Å². The number of H-pyrrole nitrogens is 1. The predicted octanol–water partition coefficient (Wildman–Crippen LogP) is 3.94. The fourth-order valence-electron chi connectivity index (χ4n) is 4.43. The third-order valence-electron chi connectivity index (χ3n) is 6.48. The van der Waals surface area contributed by atoms with Gasteiger partial charge in [-0.3, -0.25) is 9.48 Å². The number of halogens is 3. The van der Waals surface area contributed by atoms with E-state index in [0.29, 0.717) is 43.6 Å². The van der Waals surface area contributed by atoms with E-state index in [1.165, 1.54) is 23.2 Å². The smallest absolute Gasteiger partial charge is 0.418 e. The van der Waals surface area contributed by atoms with E-state index in [9.17, 15) is 33.0 Å². The summed E-state index contributed by atoms with van der Waals surface area (Å²) < 4.78 is 40.1. The van der Waals surface area contributed by atoms with Crippen molar-refractivity contribution in [3.05, 3.63) is 52.4 Å². The quantitative estimate of drug-likeness (QED) is 0.440. The number of nitrogens with one attached hydrogen (secondary N) is 2. The SMILES string of the molecule is CCC1(n2nc(Nc3ccc(C(O)C(F)(F)F)cc3)c3c(=O)[nH]ccc32)CCN(C(=O)O)CC1. The largest absolute Gasteiger partial charge is 0.465 e. The van der Waals surface area contributed by atoms with Crippen LogP contribution in [0.1, 0.15) is 37.9 Å². The average molecular weight is 479 g/mol. The summed E-state index contributed by atoms with van der Waals surface area (Å²) in [5.41, 5.74) is -0.232. The van der Waals surface area contributed by atoms with E-state index in [0.717, 1.165) is 12.1 Å². The summed E-state index contributed by atoms with van der Waals surface area (Å²) in [4.78, 5) is 28.0. The molecule has 3 heterocycles. The normalized spacial score (nSPS) is 17.0. The lowest BCUT2D eigenvalue weighted by Gasteiger charge is -2.41. The van der Waals surface area contributed by atoms with Crippen LogP contribution in [0.2, 0.25) is 0 Å². The number of anilines is 2. The first kappa shape index (κ1) is 23.6. The number of piperidine rings is 1. The topological polar surface area (TPSA) is 123 Å². The van der Waals surface area contributed by atoms with Crippen molar-refractivity contribution < 1.29 is 28.2 Å². The number of nitrogens with zero attached hydrogens (tertiary/aromatic N) is 3. The lowest BCUT2D eigenvalue weighted by Crippen LogP contribution is -2.47. The van der Waals surface area contributed by atoms with Crippen LogP contribution >= 0.6 is 0 Å². The molecule has 1 aliphatic heterocycles. The molecule has 0 bridgehead atoms. The van der Waals surface area contributed by atoms with Crippen molar-refractivity contribution in [2.24, 2.45) is 0 Å². The van der Waals surface area contributed by atoms with Gasteiger partial charge in [0, 0.05) is 25.0 Å². The number of amides is 1. The Bertz CT molecular complexity index is 1240. The number of aromatic amines is 1. The minimum absolute atomic E-state index is 0.231. The Morgan fingerprint density at radius 1 is 1.24 bits per heavy atom. The molecule has 1 atom stereocenters. The molecule has 2 aromatic heterocycles. The number of alkyl halides is 3. The Kier molecular flexibility index (Phi) is 6.02. The number of aliphatic hydroxyl groups excluding tert-OH is 1. The van der Waals surface area contributed by atoms with Crippen LogP contribution in [0.25, 0.3) is 10.9 Å². The molecule has 1 saturated heterocycles. The van der Waals surface area contributed by atoms with Crippen molar-refractivity contribution in [2.45, 2.75) is 44.0 Å². The number of hydrogen-bond acceptors (Lipinski definition) is 5. The van der Waals surface area contributed by atoms with Crippen LogP contribution < -0.4 is 10.9 Å². The van der Waals surface area contributed by atoms with Gasteiger partial charge in [0.15, 0.2) is 11.9 Å². The summed E-state index contributed by atoms with van der Waals surface area (Å²) >= 11 is 0. The number of fused-ring (bicyclic) bond motifs is 1. The Labute approximate surface area is 191 Å². The molecule has 0 radical (unpaired) electrons. The number of pyridine rings is 1. The average Bonchev–Trinajstić information content (AvgIpc) is 3.18. The molecule has 9 nitrogen and oxygen atoms in total.